The highest BCUT2D eigenvalue weighted by atomic mass is 31.0. The lowest BCUT2D eigenvalue weighted by Gasteiger charge is -2.27. The topological polar surface area (TPSA) is 32.7 Å². The van der Waals surface area contributed by atoms with Gasteiger partial charge in [-0.15, -0.1) is 0 Å². The van der Waals surface area contributed by atoms with E-state index in [1.165, 1.54) is 12.8 Å². The second kappa shape index (κ2) is 5.10. The minimum absolute atomic E-state index is 0.363. The van der Waals surface area contributed by atoms with Crippen LogP contribution in [0.1, 0.15) is 12.8 Å². The zero-order chi connectivity index (χ0) is 8.10. The third-order valence-electron chi connectivity index (χ3n) is 2.08. The molecule has 0 amide bonds. The Morgan fingerprint density at radius 2 is 2.18 bits per heavy atom. The summed E-state index contributed by atoms with van der Waals surface area (Å²) in [5.74, 6) is 0.624. The molecule has 1 heterocycles. The highest BCUT2D eigenvalue weighted by molar-refractivity contribution is 7.13. The van der Waals surface area contributed by atoms with Gasteiger partial charge in [0.15, 0.2) is 7.28 Å². The molecule has 1 saturated heterocycles. The van der Waals surface area contributed by atoms with E-state index in [9.17, 15) is 0 Å². The molecule has 0 spiro atoms. The molecular weight excluding hydrogens is 160 g/mol. The molecule has 5 heteroatoms. The second-order valence-electron chi connectivity index (χ2n) is 2.90. The van der Waals surface area contributed by atoms with Crippen molar-refractivity contribution >= 4 is 16.7 Å². The third-order valence-corrected chi connectivity index (χ3v) is 2.59. The molecule has 1 unspecified atom stereocenters. The number of piperidine rings is 1. The zero-order valence-electron chi connectivity index (χ0n) is 6.57. The van der Waals surface area contributed by atoms with E-state index in [1.807, 2.05) is 7.28 Å². The van der Waals surface area contributed by atoms with Crippen LogP contribution in [-0.4, -0.2) is 36.8 Å². The summed E-state index contributed by atoms with van der Waals surface area (Å²) in [5, 5.41) is 8.10. The largest absolute Gasteiger partial charge is 0.287 e. The lowest BCUT2D eigenvalue weighted by atomic mass is 9.62. The molecule has 1 radical (unpaired) electrons. The maximum Gasteiger partial charge on any atom is 0.153 e. The van der Waals surface area contributed by atoms with Crippen molar-refractivity contribution in [2.75, 3.05) is 19.6 Å². The second-order valence-corrected chi connectivity index (χ2v) is 3.64. The molecule has 3 nitrogen and oxygen atoms in total. The van der Waals surface area contributed by atoms with Gasteiger partial charge in [-0.1, -0.05) is 15.2 Å². The van der Waals surface area contributed by atoms with Crippen LogP contribution in [0.3, 0.4) is 0 Å². The van der Waals surface area contributed by atoms with Crippen molar-refractivity contribution in [3.8, 4) is 0 Å². The Morgan fingerprint density at radius 3 is 2.73 bits per heavy atom. The van der Waals surface area contributed by atoms with Crippen molar-refractivity contribution in [1.82, 2.24) is 4.67 Å². The number of rotatable bonds is 3. The standard InChI is InChI=1S/C6H14BNO2P/c9-10-5-7-6-1-3-8(11)4-2-6/h6,9H,1-5,11H2. The van der Waals surface area contributed by atoms with Gasteiger partial charge in [-0.3, -0.25) is 9.93 Å². The first kappa shape index (κ1) is 9.46. The van der Waals surface area contributed by atoms with Crippen LogP contribution < -0.4 is 0 Å². The fraction of sp³-hybridized carbons (Fsp3) is 1.00. The van der Waals surface area contributed by atoms with E-state index >= 15 is 0 Å². The normalized spacial score (nSPS) is 22.0. The van der Waals surface area contributed by atoms with Gasteiger partial charge in [0.05, 0.1) is 0 Å². The Labute approximate surface area is 70.5 Å². The van der Waals surface area contributed by atoms with Gasteiger partial charge in [0.25, 0.3) is 0 Å². The molecule has 1 aliphatic heterocycles. The van der Waals surface area contributed by atoms with Gasteiger partial charge in [-0.05, 0) is 12.8 Å². The monoisotopic (exact) mass is 174 g/mol. The van der Waals surface area contributed by atoms with Gasteiger partial charge in [0.1, 0.15) is 0 Å². The van der Waals surface area contributed by atoms with E-state index in [4.69, 9.17) is 5.26 Å². The lowest BCUT2D eigenvalue weighted by Crippen LogP contribution is -2.26. The Morgan fingerprint density at radius 1 is 1.55 bits per heavy atom. The van der Waals surface area contributed by atoms with Crippen LogP contribution in [0.2, 0.25) is 5.82 Å². The average Bonchev–Trinajstić information content (AvgIpc) is 2.04. The predicted octanol–water partition coefficient (Wildman–Crippen LogP) is 0.812. The van der Waals surface area contributed by atoms with Crippen molar-refractivity contribution in [2.45, 2.75) is 18.7 Å². The highest BCUT2D eigenvalue weighted by Gasteiger charge is 2.16. The van der Waals surface area contributed by atoms with Crippen LogP contribution in [0.25, 0.3) is 0 Å². The van der Waals surface area contributed by atoms with Crippen LogP contribution in [0, 0.1) is 0 Å². The molecule has 1 aliphatic rings. The molecule has 1 rings (SSSR count). The quantitative estimate of drug-likeness (QED) is 0.297. The summed E-state index contributed by atoms with van der Waals surface area (Å²) in [4.78, 5) is 4.00. The van der Waals surface area contributed by atoms with Gasteiger partial charge < -0.3 is 0 Å². The summed E-state index contributed by atoms with van der Waals surface area (Å²) in [6.07, 6.45) is 2.35. The fourth-order valence-corrected chi connectivity index (χ4v) is 1.63. The van der Waals surface area contributed by atoms with Crippen LogP contribution in [-0.2, 0) is 4.89 Å². The van der Waals surface area contributed by atoms with E-state index in [0.717, 1.165) is 13.1 Å². The lowest BCUT2D eigenvalue weighted by molar-refractivity contribution is -0.225. The van der Waals surface area contributed by atoms with E-state index < -0.39 is 0 Å². The molecule has 0 aliphatic carbocycles. The van der Waals surface area contributed by atoms with Crippen LogP contribution in [0.15, 0.2) is 0 Å². The smallest absolute Gasteiger partial charge is 0.153 e. The van der Waals surface area contributed by atoms with Crippen LogP contribution in [0.5, 0.6) is 0 Å². The molecule has 11 heavy (non-hydrogen) atoms. The first-order valence-electron chi connectivity index (χ1n) is 3.92. The van der Waals surface area contributed by atoms with Crippen LogP contribution in [0.4, 0.5) is 0 Å². The SMILES string of the molecule is OOC[B]C1CCN(P)CC1. The van der Waals surface area contributed by atoms with Crippen molar-refractivity contribution in [3.05, 3.63) is 0 Å². The first-order chi connectivity index (χ1) is 5.33. The Hall–Kier alpha value is 0.375. The minimum atomic E-state index is 0.363. The third kappa shape index (κ3) is 3.52. The molecule has 0 aromatic carbocycles. The van der Waals surface area contributed by atoms with Crippen molar-refractivity contribution in [1.29, 1.82) is 0 Å². The molecule has 1 atom stereocenters. The van der Waals surface area contributed by atoms with Gasteiger partial charge in [0.2, 0.25) is 0 Å². The summed E-state index contributed by atoms with van der Waals surface area (Å²) in [7, 11) is 4.75. The van der Waals surface area contributed by atoms with Gasteiger partial charge in [-0.25, -0.2) is 4.89 Å². The Kier molecular flexibility index (Phi) is 4.38. The summed E-state index contributed by atoms with van der Waals surface area (Å²) in [5.41, 5.74) is 0. The van der Waals surface area contributed by atoms with E-state index in [-0.39, 0.29) is 0 Å². The molecular formula is C6H14BNO2P. The average molecular weight is 174 g/mol. The number of hydrogen-bond donors (Lipinski definition) is 1. The van der Waals surface area contributed by atoms with Gasteiger partial charge >= 0.3 is 0 Å². The fourth-order valence-electron chi connectivity index (χ4n) is 1.33. The minimum Gasteiger partial charge on any atom is -0.287 e. The highest BCUT2D eigenvalue weighted by Crippen LogP contribution is 2.23. The Bertz CT molecular complexity index is 106. The van der Waals surface area contributed by atoms with E-state index in [0.29, 0.717) is 12.3 Å². The van der Waals surface area contributed by atoms with Crippen LogP contribution >= 0.6 is 9.39 Å². The molecule has 0 aromatic heterocycles. The van der Waals surface area contributed by atoms with Gasteiger partial charge in [-0.2, -0.15) is 0 Å². The summed E-state index contributed by atoms with van der Waals surface area (Å²) in [6, 6.07) is 0. The molecule has 1 fully saturated rings. The van der Waals surface area contributed by atoms with E-state index in [1.54, 1.807) is 0 Å². The summed E-state index contributed by atoms with van der Waals surface area (Å²) in [6.45, 7) is 2.61. The van der Waals surface area contributed by atoms with Crippen molar-refractivity contribution < 1.29 is 10.1 Å². The van der Waals surface area contributed by atoms with Crippen molar-refractivity contribution in [3.63, 3.8) is 0 Å². The summed E-state index contributed by atoms with van der Waals surface area (Å²) < 4.78 is 2.24. The van der Waals surface area contributed by atoms with Gasteiger partial charge in [0, 0.05) is 19.6 Å². The zero-order valence-corrected chi connectivity index (χ0v) is 7.72. The molecule has 0 aromatic rings. The molecule has 1 N–H and O–H groups in total. The van der Waals surface area contributed by atoms with Crippen molar-refractivity contribution in [2.24, 2.45) is 0 Å². The van der Waals surface area contributed by atoms with E-state index in [2.05, 4.69) is 18.9 Å². The number of hydrogen-bond acceptors (Lipinski definition) is 3. The maximum absolute atomic E-state index is 8.10. The molecule has 63 valence electrons. The summed E-state index contributed by atoms with van der Waals surface area (Å²) >= 11 is 0. The Balaban J connectivity index is 2.07. The number of nitrogens with zero attached hydrogens (tertiary/aromatic N) is 1. The maximum atomic E-state index is 8.10. The molecule has 0 bridgehead atoms. The molecule has 0 saturated carbocycles. The first-order valence-corrected chi connectivity index (χ1v) is 4.44. The predicted molar refractivity (Wildman–Crippen MR) is 48.6 cm³/mol.